The summed E-state index contributed by atoms with van der Waals surface area (Å²) < 4.78 is 5.49. The lowest BCUT2D eigenvalue weighted by Gasteiger charge is -2.11. The van der Waals surface area contributed by atoms with Gasteiger partial charge < -0.3 is 10.2 Å². The van der Waals surface area contributed by atoms with Crippen LogP contribution in [0.2, 0.25) is 0 Å². The number of aromatic nitrogens is 1. The highest BCUT2D eigenvalue weighted by molar-refractivity contribution is 5.33. The predicted octanol–water partition coefficient (Wildman–Crippen LogP) is 2.65. The first kappa shape index (κ1) is 10.9. The molecule has 2 N–H and O–H groups in total. The molecule has 1 unspecified atom stereocenters. The van der Waals surface area contributed by atoms with Gasteiger partial charge in [-0.1, -0.05) is 6.07 Å². The Balaban J connectivity index is 2.38. The van der Waals surface area contributed by atoms with Crippen LogP contribution in [-0.4, -0.2) is 4.98 Å². The van der Waals surface area contributed by atoms with E-state index >= 15 is 0 Å². The van der Waals surface area contributed by atoms with Crippen molar-refractivity contribution in [1.29, 1.82) is 0 Å². The van der Waals surface area contributed by atoms with E-state index in [0.717, 1.165) is 28.2 Å². The summed E-state index contributed by atoms with van der Waals surface area (Å²) in [4.78, 5) is 4.16. The van der Waals surface area contributed by atoms with Gasteiger partial charge >= 0.3 is 0 Å². The lowest BCUT2D eigenvalue weighted by molar-refractivity contribution is 0.499. The monoisotopic (exact) mass is 216 g/mol. The third kappa shape index (κ3) is 1.99. The van der Waals surface area contributed by atoms with Crippen LogP contribution in [0.5, 0.6) is 0 Å². The summed E-state index contributed by atoms with van der Waals surface area (Å²) in [5.41, 5.74) is 9.37. The Labute approximate surface area is 95.3 Å². The molecule has 3 heteroatoms. The Hall–Kier alpha value is -1.61. The quantitative estimate of drug-likeness (QED) is 0.839. The van der Waals surface area contributed by atoms with E-state index in [1.807, 2.05) is 33.0 Å². The fraction of sp³-hybridized carbons (Fsp3) is 0.308. The molecule has 0 saturated carbocycles. The van der Waals surface area contributed by atoms with Gasteiger partial charge in [-0.05, 0) is 38.0 Å². The van der Waals surface area contributed by atoms with Crippen molar-refractivity contribution < 1.29 is 4.42 Å². The van der Waals surface area contributed by atoms with Gasteiger partial charge in [0.05, 0.1) is 6.04 Å². The van der Waals surface area contributed by atoms with Gasteiger partial charge in [-0.15, -0.1) is 0 Å². The van der Waals surface area contributed by atoms with Gasteiger partial charge in [0.2, 0.25) is 0 Å². The van der Waals surface area contributed by atoms with Gasteiger partial charge in [0, 0.05) is 18.0 Å². The van der Waals surface area contributed by atoms with E-state index in [2.05, 4.69) is 11.1 Å². The number of hydrogen-bond donors (Lipinski definition) is 1. The van der Waals surface area contributed by atoms with Crippen LogP contribution in [0.4, 0.5) is 0 Å². The summed E-state index contributed by atoms with van der Waals surface area (Å²) in [5.74, 6) is 1.77. The zero-order valence-electron chi connectivity index (χ0n) is 9.82. The second-order valence-corrected chi connectivity index (χ2v) is 4.14. The molecule has 0 radical (unpaired) electrons. The van der Waals surface area contributed by atoms with Crippen LogP contribution < -0.4 is 5.73 Å². The van der Waals surface area contributed by atoms with Crippen molar-refractivity contribution in [3.8, 4) is 0 Å². The number of nitrogens with zero attached hydrogens (tertiary/aromatic N) is 1. The van der Waals surface area contributed by atoms with Gasteiger partial charge in [-0.3, -0.25) is 4.98 Å². The maximum Gasteiger partial charge on any atom is 0.106 e. The molecule has 1 atom stereocenters. The van der Waals surface area contributed by atoms with Crippen LogP contribution in [0.15, 0.2) is 28.9 Å². The van der Waals surface area contributed by atoms with Gasteiger partial charge in [0.25, 0.3) is 0 Å². The number of pyridine rings is 1. The summed E-state index contributed by atoms with van der Waals surface area (Å²) in [7, 11) is 0. The third-order valence-corrected chi connectivity index (χ3v) is 2.67. The van der Waals surface area contributed by atoms with E-state index in [4.69, 9.17) is 10.2 Å². The number of hydrogen-bond acceptors (Lipinski definition) is 3. The molecular weight excluding hydrogens is 200 g/mol. The molecule has 3 nitrogen and oxygen atoms in total. The normalized spacial score (nSPS) is 12.8. The molecule has 0 bridgehead atoms. The van der Waals surface area contributed by atoms with Crippen LogP contribution in [-0.2, 0) is 0 Å². The lowest BCUT2D eigenvalue weighted by atomic mass is 10.0. The second kappa shape index (κ2) is 4.10. The molecule has 0 aliphatic rings. The van der Waals surface area contributed by atoms with Crippen LogP contribution in [0.1, 0.15) is 34.3 Å². The number of nitrogens with two attached hydrogens (primary N) is 1. The van der Waals surface area contributed by atoms with Gasteiger partial charge in [0.1, 0.15) is 11.5 Å². The second-order valence-electron chi connectivity index (χ2n) is 4.14. The average molecular weight is 216 g/mol. The Morgan fingerprint density at radius 2 is 1.94 bits per heavy atom. The van der Waals surface area contributed by atoms with Crippen molar-refractivity contribution in [3.63, 3.8) is 0 Å². The lowest BCUT2D eigenvalue weighted by Crippen LogP contribution is -2.12. The molecule has 16 heavy (non-hydrogen) atoms. The summed E-state index contributed by atoms with van der Waals surface area (Å²) in [5, 5.41) is 0. The van der Waals surface area contributed by atoms with Gasteiger partial charge in [-0.2, -0.15) is 0 Å². The van der Waals surface area contributed by atoms with Crippen molar-refractivity contribution in [2.24, 2.45) is 5.73 Å². The molecule has 2 aromatic heterocycles. The van der Waals surface area contributed by atoms with Crippen LogP contribution in [0.25, 0.3) is 0 Å². The Bertz CT molecular complexity index is 502. The standard InChI is InChI=1S/C13H16N2O/c1-8-4-11(7-15-6-8)13(14)12-5-9(2)16-10(12)3/h4-7,13H,14H2,1-3H3. The molecule has 0 aromatic carbocycles. The molecule has 0 aliphatic heterocycles. The maximum absolute atomic E-state index is 6.20. The maximum atomic E-state index is 6.20. The third-order valence-electron chi connectivity index (χ3n) is 2.67. The Morgan fingerprint density at radius 3 is 2.50 bits per heavy atom. The van der Waals surface area contributed by atoms with E-state index in [-0.39, 0.29) is 6.04 Å². The molecule has 0 spiro atoms. The fourth-order valence-corrected chi connectivity index (χ4v) is 1.89. The van der Waals surface area contributed by atoms with Crippen LogP contribution >= 0.6 is 0 Å². The zero-order valence-corrected chi connectivity index (χ0v) is 9.82. The Kier molecular flexibility index (Phi) is 2.79. The molecule has 0 saturated heterocycles. The first-order valence-corrected chi connectivity index (χ1v) is 5.32. The zero-order chi connectivity index (χ0) is 11.7. The van der Waals surface area contributed by atoms with Crippen molar-refractivity contribution >= 4 is 0 Å². The smallest absolute Gasteiger partial charge is 0.106 e. The van der Waals surface area contributed by atoms with Crippen molar-refractivity contribution in [3.05, 3.63) is 52.7 Å². The van der Waals surface area contributed by atoms with Crippen molar-refractivity contribution in [2.45, 2.75) is 26.8 Å². The minimum absolute atomic E-state index is 0.162. The molecule has 0 amide bonds. The van der Waals surface area contributed by atoms with Crippen LogP contribution in [0.3, 0.4) is 0 Å². The van der Waals surface area contributed by atoms with Crippen molar-refractivity contribution in [2.75, 3.05) is 0 Å². The Morgan fingerprint density at radius 1 is 1.19 bits per heavy atom. The number of aryl methyl sites for hydroxylation is 3. The largest absolute Gasteiger partial charge is 0.466 e. The summed E-state index contributed by atoms with van der Waals surface area (Å²) >= 11 is 0. The van der Waals surface area contributed by atoms with Gasteiger partial charge in [-0.25, -0.2) is 0 Å². The summed E-state index contributed by atoms with van der Waals surface area (Å²) in [6.07, 6.45) is 3.63. The molecule has 0 aliphatic carbocycles. The first-order valence-electron chi connectivity index (χ1n) is 5.32. The molecule has 2 heterocycles. The molecule has 2 rings (SSSR count). The summed E-state index contributed by atoms with van der Waals surface area (Å²) in [6, 6.07) is 3.88. The molecule has 0 fully saturated rings. The minimum Gasteiger partial charge on any atom is -0.466 e. The van der Waals surface area contributed by atoms with E-state index in [1.165, 1.54) is 0 Å². The fourth-order valence-electron chi connectivity index (χ4n) is 1.89. The highest BCUT2D eigenvalue weighted by atomic mass is 16.3. The number of rotatable bonds is 2. The summed E-state index contributed by atoms with van der Waals surface area (Å²) in [6.45, 7) is 5.87. The highest BCUT2D eigenvalue weighted by Gasteiger charge is 2.15. The molecular formula is C13H16N2O. The number of furan rings is 1. The average Bonchev–Trinajstić information content (AvgIpc) is 2.57. The topological polar surface area (TPSA) is 52.0 Å². The van der Waals surface area contributed by atoms with Crippen molar-refractivity contribution in [1.82, 2.24) is 4.98 Å². The van der Waals surface area contributed by atoms with Gasteiger partial charge in [0.15, 0.2) is 0 Å². The molecule has 84 valence electrons. The van der Waals surface area contributed by atoms with E-state index in [1.54, 1.807) is 6.20 Å². The molecule has 2 aromatic rings. The highest BCUT2D eigenvalue weighted by Crippen LogP contribution is 2.25. The SMILES string of the molecule is Cc1cncc(C(N)c2cc(C)oc2C)c1. The van der Waals surface area contributed by atoms with E-state index < -0.39 is 0 Å². The van der Waals surface area contributed by atoms with E-state index in [0.29, 0.717) is 0 Å². The van der Waals surface area contributed by atoms with E-state index in [9.17, 15) is 0 Å². The van der Waals surface area contributed by atoms with Crippen LogP contribution in [0, 0.1) is 20.8 Å². The minimum atomic E-state index is -0.162. The predicted molar refractivity (Wildman–Crippen MR) is 63.2 cm³/mol. The first-order chi connectivity index (χ1) is 7.58.